The fourth-order valence-electron chi connectivity index (χ4n) is 4.24. The lowest BCUT2D eigenvalue weighted by Crippen LogP contribution is -2.52. The minimum atomic E-state index is -4.17. The lowest BCUT2D eigenvalue weighted by molar-refractivity contribution is -0.140. The number of hydrogen-bond acceptors (Lipinski definition) is 5. The lowest BCUT2D eigenvalue weighted by Gasteiger charge is -2.33. The Morgan fingerprint density at radius 1 is 0.950 bits per heavy atom. The van der Waals surface area contributed by atoms with Crippen LogP contribution in [-0.2, 0) is 26.2 Å². The molecule has 0 saturated carbocycles. The second kappa shape index (κ2) is 14.7. The highest BCUT2D eigenvalue weighted by Crippen LogP contribution is 2.31. The molecule has 214 valence electrons. The minimum Gasteiger partial charge on any atom is -0.497 e. The highest BCUT2D eigenvalue weighted by Gasteiger charge is 2.34. The first kappa shape index (κ1) is 31.0. The van der Waals surface area contributed by atoms with E-state index in [1.165, 1.54) is 17.0 Å². The van der Waals surface area contributed by atoms with Crippen LogP contribution >= 0.6 is 11.6 Å². The molecule has 2 amide bonds. The molecule has 0 aliphatic heterocycles. The van der Waals surface area contributed by atoms with Crippen LogP contribution in [0.4, 0.5) is 5.69 Å². The van der Waals surface area contributed by atoms with Gasteiger partial charge in [-0.1, -0.05) is 74.3 Å². The number of carbonyl (C=O) groups is 2. The Balaban J connectivity index is 2.03. The van der Waals surface area contributed by atoms with E-state index in [0.717, 1.165) is 22.7 Å². The van der Waals surface area contributed by atoms with E-state index in [-0.39, 0.29) is 28.1 Å². The predicted molar refractivity (Wildman–Crippen MR) is 158 cm³/mol. The fraction of sp³-hybridized carbons (Fsp3) is 0.333. The molecule has 0 fully saturated rings. The molecule has 3 rings (SSSR count). The number of nitrogens with zero attached hydrogens (tertiary/aromatic N) is 2. The Morgan fingerprint density at radius 2 is 1.60 bits per heavy atom. The Kier molecular flexibility index (Phi) is 11.4. The van der Waals surface area contributed by atoms with Gasteiger partial charge in [-0.3, -0.25) is 13.9 Å². The number of nitrogens with one attached hydrogen (secondary N) is 1. The van der Waals surface area contributed by atoms with Crippen LogP contribution in [0.3, 0.4) is 0 Å². The summed E-state index contributed by atoms with van der Waals surface area (Å²) in [4.78, 5) is 28.7. The maximum atomic E-state index is 14.1. The standard InChI is InChI=1S/C30H36ClN3O5S/c1-4-6-20-32-30(36)27(5-2)33(21-23-16-18-24(39-3)19-17-23)29(35)22-34(28-15-11-10-14-26(28)31)40(37,38)25-12-8-7-9-13-25/h7-19,27H,4-6,20-22H2,1-3H3,(H,32,36)/t27-/m1/s1. The second-order valence-corrected chi connectivity index (χ2v) is 11.5. The number of methoxy groups -OCH3 is 1. The predicted octanol–water partition coefficient (Wildman–Crippen LogP) is 5.27. The zero-order valence-corrected chi connectivity index (χ0v) is 24.6. The van der Waals surface area contributed by atoms with Gasteiger partial charge >= 0.3 is 0 Å². The number of ether oxygens (including phenoxy) is 1. The van der Waals surface area contributed by atoms with E-state index in [1.54, 1.807) is 61.7 Å². The zero-order chi connectivity index (χ0) is 29.1. The summed E-state index contributed by atoms with van der Waals surface area (Å²) in [6, 6.07) is 20.7. The van der Waals surface area contributed by atoms with Crippen molar-refractivity contribution >= 4 is 39.1 Å². The van der Waals surface area contributed by atoms with Crippen molar-refractivity contribution in [2.45, 2.75) is 50.6 Å². The molecule has 3 aromatic rings. The van der Waals surface area contributed by atoms with E-state index < -0.39 is 28.5 Å². The number of anilines is 1. The Labute approximate surface area is 241 Å². The smallest absolute Gasteiger partial charge is 0.264 e. The molecule has 3 aromatic carbocycles. The zero-order valence-electron chi connectivity index (χ0n) is 23.0. The highest BCUT2D eigenvalue weighted by molar-refractivity contribution is 7.92. The van der Waals surface area contributed by atoms with E-state index in [0.29, 0.717) is 18.7 Å². The van der Waals surface area contributed by atoms with Crippen molar-refractivity contribution in [2.24, 2.45) is 0 Å². The number of rotatable bonds is 14. The molecule has 0 aromatic heterocycles. The summed E-state index contributed by atoms with van der Waals surface area (Å²) in [7, 11) is -2.61. The molecule has 40 heavy (non-hydrogen) atoms. The van der Waals surface area contributed by atoms with E-state index in [1.807, 2.05) is 26.0 Å². The molecular weight excluding hydrogens is 550 g/mol. The van der Waals surface area contributed by atoms with Crippen LogP contribution in [0.25, 0.3) is 0 Å². The number of unbranched alkanes of at least 4 members (excludes halogenated alkanes) is 1. The number of carbonyl (C=O) groups excluding carboxylic acids is 2. The monoisotopic (exact) mass is 585 g/mol. The third kappa shape index (κ3) is 7.76. The Morgan fingerprint density at radius 3 is 2.20 bits per heavy atom. The molecule has 1 N–H and O–H groups in total. The van der Waals surface area contributed by atoms with Crippen molar-refractivity contribution in [3.63, 3.8) is 0 Å². The number of amides is 2. The summed E-state index contributed by atoms with van der Waals surface area (Å²) in [5.74, 6) is -0.161. The maximum Gasteiger partial charge on any atom is 0.264 e. The summed E-state index contributed by atoms with van der Waals surface area (Å²) < 4.78 is 33.9. The van der Waals surface area contributed by atoms with Crippen LogP contribution in [-0.4, -0.2) is 51.4 Å². The van der Waals surface area contributed by atoms with Gasteiger partial charge in [-0.2, -0.15) is 0 Å². The van der Waals surface area contributed by atoms with Crippen molar-refractivity contribution in [3.8, 4) is 5.75 Å². The number of sulfonamides is 1. The minimum absolute atomic E-state index is 0.0220. The van der Waals surface area contributed by atoms with Gasteiger partial charge in [0.15, 0.2) is 0 Å². The molecule has 1 atom stereocenters. The molecule has 0 spiro atoms. The van der Waals surface area contributed by atoms with Gasteiger partial charge in [0.1, 0.15) is 18.3 Å². The van der Waals surface area contributed by atoms with Gasteiger partial charge in [0, 0.05) is 13.1 Å². The van der Waals surface area contributed by atoms with E-state index in [4.69, 9.17) is 16.3 Å². The van der Waals surface area contributed by atoms with Crippen LogP contribution < -0.4 is 14.4 Å². The van der Waals surface area contributed by atoms with Crippen LogP contribution in [0, 0.1) is 0 Å². The van der Waals surface area contributed by atoms with Gasteiger partial charge in [0.05, 0.1) is 22.7 Å². The summed E-state index contributed by atoms with van der Waals surface area (Å²) in [6.07, 6.45) is 2.07. The van der Waals surface area contributed by atoms with Crippen molar-refractivity contribution in [1.29, 1.82) is 0 Å². The first-order valence-corrected chi connectivity index (χ1v) is 15.1. The Hall–Kier alpha value is -3.56. The number of para-hydroxylation sites is 1. The molecule has 0 bridgehead atoms. The maximum absolute atomic E-state index is 14.1. The van der Waals surface area contributed by atoms with Crippen molar-refractivity contribution < 1.29 is 22.7 Å². The van der Waals surface area contributed by atoms with Gasteiger partial charge < -0.3 is 15.0 Å². The summed E-state index contributed by atoms with van der Waals surface area (Å²) in [6.45, 7) is 3.90. The summed E-state index contributed by atoms with van der Waals surface area (Å²) >= 11 is 6.44. The molecule has 0 aliphatic carbocycles. The van der Waals surface area contributed by atoms with Crippen molar-refractivity contribution in [2.75, 3.05) is 24.5 Å². The number of hydrogen-bond donors (Lipinski definition) is 1. The molecule has 0 aliphatic rings. The summed E-state index contributed by atoms with van der Waals surface area (Å²) in [5.41, 5.74) is 0.940. The lowest BCUT2D eigenvalue weighted by atomic mass is 10.1. The van der Waals surface area contributed by atoms with Crippen LogP contribution in [0.15, 0.2) is 83.8 Å². The van der Waals surface area contributed by atoms with E-state index in [9.17, 15) is 18.0 Å². The third-order valence-corrected chi connectivity index (χ3v) is 8.55. The molecule has 10 heteroatoms. The largest absolute Gasteiger partial charge is 0.497 e. The Bertz CT molecular complexity index is 1370. The first-order valence-electron chi connectivity index (χ1n) is 13.2. The molecule has 0 saturated heterocycles. The molecular formula is C30H36ClN3O5S. The van der Waals surface area contributed by atoms with Gasteiger partial charge in [-0.15, -0.1) is 0 Å². The van der Waals surface area contributed by atoms with E-state index >= 15 is 0 Å². The highest BCUT2D eigenvalue weighted by atomic mass is 35.5. The molecule has 0 heterocycles. The topological polar surface area (TPSA) is 96.0 Å². The van der Waals surface area contributed by atoms with Crippen molar-refractivity contribution in [1.82, 2.24) is 10.2 Å². The SMILES string of the molecule is CCCCNC(=O)[C@@H](CC)N(Cc1ccc(OC)cc1)C(=O)CN(c1ccccc1Cl)S(=O)(=O)c1ccccc1. The normalized spacial score (nSPS) is 11.9. The van der Waals surface area contributed by atoms with Gasteiger partial charge in [-0.05, 0) is 54.8 Å². The van der Waals surface area contributed by atoms with Crippen molar-refractivity contribution in [3.05, 3.63) is 89.4 Å². The van der Waals surface area contributed by atoms with Gasteiger partial charge in [0.25, 0.3) is 10.0 Å². The average Bonchev–Trinajstić information content (AvgIpc) is 2.97. The third-order valence-electron chi connectivity index (χ3n) is 6.46. The van der Waals surface area contributed by atoms with Crippen LogP contribution in [0.2, 0.25) is 5.02 Å². The van der Waals surface area contributed by atoms with Crippen LogP contribution in [0.5, 0.6) is 5.75 Å². The number of halogens is 1. The second-order valence-electron chi connectivity index (χ2n) is 9.21. The van der Waals surface area contributed by atoms with Crippen LogP contribution in [0.1, 0.15) is 38.7 Å². The molecule has 0 radical (unpaired) electrons. The number of benzene rings is 3. The quantitative estimate of drug-likeness (QED) is 0.260. The fourth-order valence-corrected chi connectivity index (χ4v) is 5.98. The van der Waals surface area contributed by atoms with Gasteiger partial charge in [0.2, 0.25) is 11.8 Å². The average molecular weight is 586 g/mol. The molecule has 8 nitrogen and oxygen atoms in total. The summed E-state index contributed by atoms with van der Waals surface area (Å²) in [5, 5.41) is 3.10. The van der Waals surface area contributed by atoms with Gasteiger partial charge in [-0.25, -0.2) is 8.42 Å². The van der Waals surface area contributed by atoms with E-state index in [2.05, 4.69) is 5.32 Å². The molecule has 0 unspecified atom stereocenters. The first-order chi connectivity index (χ1) is 19.2.